The Labute approximate surface area is 108 Å². The smallest absolute Gasteiger partial charge is 0.243 e. The lowest BCUT2D eigenvalue weighted by atomic mass is 10.1. The van der Waals surface area contributed by atoms with Crippen LogP contribution in [0.15, 0.2) is 11.1 Å². The van der Waals surface area contributed by atoms with Gasteiger partial charge in [0.15, 0.2) is 0 Å². The minimum atomic E-state index is -3.42. The van der Waals surface area contributed by atoms with E-state index in [4.69, 9.17) is 0 Å². The molecule has 0 radical (unpaired) electrons. The standard InChI is InChI=1S/C11H20N4O2S/c1-9-11(8-13-15(9)2)18(16,17)14-6-4-10-3-5-12-7-10/h8,10,12,14H,3-7H2,1-2H3. The van der Waals surface area contributed by atoms with Crippen LogP contribution in [0.2, 0.25) is 0 Å². The van der Waals surface area contributed by atoms with E-state index >= 15 is 0 Å². The van der Waals surface area contributed by atoms with Crippen LogP contribution in [0.1, 0.15) is 18.5 Å². The fourth-order valence-electron chi connectivity index (χ4n) is 2.18. The molecule has 0 bridgehead atoms. The third-order valence-electron chi connectivity index (χ3n) is 3.49. The molecular formula is C11H20N4O2S. The molecule has 18 heavy (non-hydrogen) atoms. The zero-order chi connectivity index (χ0) is 13.2. The van der Waals surface area contributed by atoms with Gasteiger partial charge in [-0.25, -0.2) is 13.1 Å². The second kappa shape index (κ2) is 5.38. The minimum absolute atomic E-state index is 0.273. The highest BCUT2D eigenvalue weighted by Crippen LogP contribution is 2.14. The molecule has 102 valence electrons. The summed E-state index contributed by atoms with van der Waals surface area (Å²) in [5.74, 6) is 0.586. The molecule has 0 aliphatic carbocycles. The number of hydrogen-bond acceptors (Lipinski definition) is 4. The monoisotopic (exact) mass is 272 g/mol. The van der Waals surface area contributed by atoms with Crippen molar-refractivity contribution in [3.05, 3.63) is 11.9 Å². The zero-order valence-corrected chi connectivity index (χ0v) is 11.6. The molecule has 7 heteroatoms. The summed E-state index contributed by atoms with van der Waals surface area (Å²) in [6.45, 7) is 4.28. The summed E-state index contributed by atoms with van der Waals surface area (Å²) in [5, 5.41) is 7.23. The van der Waals surface area contributed by atoms with E-state index in [0.29, 0.717) is 18.2 Å². The van der Waals surface area contributed by atoms with Crippen molar-refractivity contribution in [2.75, 3.05) is 19.6 Å². The average Bonchev–Trinajstić information content (AvgIpc) is 2.91. The van der Waals surface area contributed by atoms with Gasteiger partial charge in [-0.1, -0.05) is 0 Å². The van der Waals surface area contributed by atoms with Gasteiger partial charge < -0.3 is 5.32 Å². The van der Waals surface area contributed by atoms with Gasteiger partial charge in [0.25, 0.3) is 0 Å². The molecule has 2 N–H and O–H groups in total. The molecule has 1 fully saturated rings. The summed E-state index contributed by atoms with van der Waals surface area (Å²) in [4.78, 5) is 0.273. The van der Waals surface area contributed by atoms with Crippen LogP contribution >= 0.6 is 0 Å². The van der Waals surface area contributed by atoms with E-state index in [1.54, 1.807) is 18.7 Å². The van der Waals surface area contributed by atoms with Gasteiger partial charge in [0.05, 0.1) is 11.9 Å². The van der Waals surface area contributed by atoms with Crippen molar-refractivity contribution in [1.82, 2.24) is 19.8 Å². The highest BCUT2D eigenvalue weighted by molar-refractivity contribution is 7.89. The van der Waals surface area contributed by atoms with Crippen molar-refractivity contribution in [3.63, 3.8) is 0 Å². The van der Waals surface area contributed by atoms with Gasteiger partial charge in [-0.15, -0.1) is 0 Å². The molecule has 0 saturated carbocycles. The highest BCUT2D eigenvalue weighted by Gasteiger charge is 2.20. The van der Waals surface area contributed by atoms with Gasteiger partial charge in [-0.2, -0.15) is 5.10 Å². The average molecular weight is 272 g/mol. The van der Waals surface area contributed by atoms with Crippen LogP contribution in [0.5, 0.6) is 0 Å². The third kappa shape index (κ3) is 2.90. The van der Waals surface area contributed by atoms with Crippen molar-refractivity contribution in [1.29, 1.82) is 0 Å². The number of nitrogens with zero attached hydrogens (tertiary/aromatic N) is 2. The predicted molar refractivity (Wildman–Crippen MR) is 68.7 cm³/mol. The summed E-state index contributed by atoms with van der Waals surface area (Å²) >= 11 is 0. The van der Waals surface area contributed by atoms with E-state index in [-0.39, 0.29) is 4.90 Å². The van der Waals surface area contributed by atoms with E-state index in [2.05, 4.69) is 15.1 Å². The number of rotatable bonds is 5. The van der Waals surface area contributed by atoms with Crippen LogP contribution in [0.3, 0.4) is 0 Å². The molecule has 1 unspecified atom stereocenters. The van der Waals surface area contributed by atoms with Crippen LogP contribution < -0.4 is 10.0 Å². The van der Waals surface area contributed by atoms with Crippen molar-refractivity contribution < 1.29 is 8.42 Å². The Morgan fingerprint density at radius 2 is 2.39 bits per heavy atom. The van der Waals surface area contributed by atoms with Gasteiger partial charge in [0.1, 0.15) is 4.90 Å². The molecule has 1 aliphatic rings. The Morgan fingerprint density at radius 1 is 1.61 bits per heavy atom. The van der Waals surface area contributed by atoms with E-state index in [1.165, 1.54) is 6.20 Å². The Kier molecular flexibility index (Phi) is 4.04. The zero-order valence-electron chi connectivity index (χ0n) is 10.8. The number of aromatic nitrogens is 2. The van der Waals surface area contributed by atoms with Crippen LogP contribution in [-0.2, 0) is 17.1 Å². The lowest BCUT2D eigenvalue weighted by molar-refractivity contribution is 0.519. The SMILES string of the molecule is Cc1c(S(=O)(=O)NCCC2CCNC2)cnn1C. The van der Waals surface area contributed by atoms with Crippen molar-refractivity contribution in [3.8, 4) is 0 Å². The summed E-state index contributed by atoms with van der Waals surface area (Å²) in [6.07, 6.45) is 3.41. The molecule has 6 nitrogen and oxygen atoms in total. The van der Waals surface area contributed by atoms with E-state index in [0.717, 1.165) is 25.9 Å². The molecule has 1 atom stereocenters. The highest BCUT2D eigenvalue weighted by atomic mass is 32.2. The summed E-state index contributed by atoms with van der Waals surface area (Å²) in [5.41, 5.74) is 0.657. The molecule has 0 amide bonds. The second-order valence-corrected chi connectivity index (χ2v) is 6.50. The van der Waals surface area contributed by atoms with Gasteiger partial charge in [-0.05, 0) is 38.8 Å². The van der Waals surface area contributed by atoms with Crippen molar-refractivity contribution in [2.45, 2.75) is 24.7 Å². The number of aryl methyl sites for hydroxylation is 1. The Bertz CT molecular complexity index is 503. The van der Waals surface area contributed by atoms with Crippen molar-refractivity contribution in [2.24, 2.45) is 13.0 Å². The van der Waals surface area contributed by atoms with Crippen LogP contribution in [0.4, 0.5) is 0 Å². The lowest BCUT2D eigenvalue weighted by Crippen LogP contribution is -2.27. The van der Waals surface area contributed by atoms with Gasteiger partial charge >= 0.3 is 0 Å². The van der Waals surface area contributed by atoms with Crippen LogP contribution in [-0.4, -0.2) is 37.8 Å². The van der Waals surface area contributed by atoms with E-state index in [1.807, 2.05) is 0 Å². The maximum Gasteiger partial charge on any atom is 0.243 e. The van der Waals surface area contributed by atoms with Crippen LogP contribution in [0.25, 0.3) is 0 Å². The minimum Gasteiger partial charge on any atom is -0.316 e. The van der Waals surface area contributed by atoms with Gasteiger partial charge in [-0.3, -0.25) is 4.68 Å². The molecular weight excluding hydrogens is 252 g/mol. The topological polar surface area (TPSA) is 76.0 Å². The Hall–Kier alpha value is -0.920. The number of sulfonamides is 1. The summed E-state index contributed by atoms with van der Waals surface area (Å²) < 4.78 is 28.3. The largest absolute Gasteiger partial charge is 0.316 e. The molecule has 1 aliphatic heterocycles. The quantitative estimate of drug-likeness (QED) is 0.791. The normalized spacial score (nSPS) is 20.4. The summed E-state index contributed by atoms with van der Waals surface area (Å²) in [7, 11) is -1.68. The molecule has 1 saturated heterocycles. The number of nitrogens with one attached hydrogen (secondary N) is 2. The Balaban J connectivity index is 1.93. The molecule has 0 spiro atoms. The fourth-order valence-corrected chi connectivity index (χ4v) is 3.43. The molecule has 0 aromatic carbocycles. The number of hydrogen-bond donors (Lipinski definition) is 2. The molecule has 2 rings (SSSR count). The second-order valence-electron chi connectivity index (χ2n) is 4.76. The lowest BCUT2D eigenvalue weighted by Gasteiger charge is -2.09. The molecule has 1 aromatic heterocycles. The predicted octanol–water partition coefficient (Wildman–Crippen LogP) is 0.00642. The maximum atomic E-state index is 12.1. The fraction of sp³-hybridized carbons (Fsp3) is 0.727. The summed E-state index contributed by atoms with van der Waals surface area (Å²) in [6, 6.07) is 0. The van der Waals surface area contributed by atoms with Crippen molar-refractivity contribution >= 4 is 10.0 Å². The van der Waals surface area contributed by atoms with Gasteiger partial charge in [0.2, 0.25) is 10.0 Å². The molecule has 1 aromatic rings. The first-order chi connectivity index (χ1) is 8.50. The Morgan fingerprint density at radius 3 is 2.94 bits per heavy atom. The van der Waals surface area contributed by atoms with E-state index in [9.17, 15) is 8.42 Å². The van der Waals surface area contributed by atoms with Gasteiger partial charge in [0, 0.05) is 13.6 Å². The first-order valence-corrected chi connectivity index (χ1v) is 7.68. The first kappa shape index (κ1) is 13.5. The first-order valence-electron chi connectivity index (χ1n) is 6.19. The third-order valence-corrected chi connectivity index (χ3v) is 5.05. The maximum absolute atomic E-state index is 12.1. The molecule has 2 heterocycles. The van der Waals surface area contributed by atoms with Crippen LogP contribution in [0, 0.1) is 12.8 Å². The van der Waals surface area contributed by atoms with E-state index < -0.39 is 10.0 Å².